The number of urea groups is 1. The van der Waals surface area contributed by atoms with E-state index in [9.17, 15) is 4.79 Å². The fraction of sp³-hybridized carbons (Fsp3) is 0.421. The lowest BCUT2D eigenvalue weighted by atomic mass is 10.1. The van der Waals surface area contributed by atoms with E-state index in [0.717, 1.165) is 24.5 Å². The van der Waals surface area contributed by atoms with Crippen molar-refractivity contribution >= 4 is 11.7 Å². The number of hydrogen-bond acceptors (Lipinski definition) is 3. The highest BCUT2D eigenvalue weighted by Crippen LogP contribution is 2.24. The van der Waals surface area contributed by atoms with Gasteiger partial charge in [-0.25, -0.2) is 4.79 Å². The summed E-state index contributed by atoms with van der Waals surface area (Å²) in [5, 5.41) is 5.85. The van der Waals surface area contributed by atoms with Crippen LogP contribution in [0.2, 0.25) is 0 Å². The van der Waals surface area contributed by atoms with Crippen LogP contribution in [0, 0.1) is 6.92 Å². The molecule has 0 saturated carbocycles. The number of nitrogens with zero attached hydrogens (tertiary/aromatic N) is 1. The van der Waals surface area contributed by atoms with Crippen LogP contribution in [-0.4, -0.2) is 30.6 Å². The molecule has 5 nitrogen and oxygen atoms in total. The number of carbonyl (C=O) groups is 1. The van der Waals surface area contributed by atoms with E-state index in [1.807, 2.05) is 43.3 Å². The average molecular weight is 327 g/mol. The summed E-state index contributed by atoms with van der Waals surface area (Å²) >= 11 is 0. The molecule has 3 rings (SSSR count). The number of carbonyl (C=O) groups excluding carboxylic acids is 1. The summed E-state index contributed by atoms with van der Waals surface area (Å²) in [7, 11) is 0. The maximum Gasteiger partial charge on any atom is 0.319 e. The van der Waals surface area contributed by atoms with Crippen LogP contribution in [0.25, 0.3) is 0 Å². The number of furan rings is 1. The molecule has 2 N–H and O–H groups in total. The lowest BCUT2D eigenvalue weighted by molar-refractivity contribution is 0.144. The van der Waals surface area contributed by atoms with Gasteiger partial charge in [0.1, 0.15) is 5.76 Å². The number of benzene rings is 1. The van der Waals surface area contributed by atoms with Gasteiger partial charge in [0.05, 0.1) is 12.3 Å². The van der Waals surface area contributed by atoms with E-state index < -0.39 is 0 Å². The molecule has 1 aliphatic heterocycles. The van der Waals surface area contributed by atoms with Crippen molar-refractivity contribution in [2.75, 3.05) is 25.0 Å². The molecule has 0 radical (unpaired) electrons. The van der Waals surface area contributed by atoms with Crippen LogP contribution in [0.4, 0.5) is 10.5 Å². The standard InChI is InChI=1S/C19H25N3O2/c1-15-7-9-16(10-8-15)21-19(23)20-14-17(18-6-5-13-24-18)22-11-3-2-4-12-22/h5-10,13,17H,2-4,11-12,14H2,1H3,(H2,20,21,23). The predicted molar refractivity (Wildman–Crippen MR) is 95.1 cm³/mol. The van der Waals surface area contributed by atoms with Crippen LogP contribution in [-0.2, 0) is 0 Å². The van der Waals surface area contributed by atoms with Crippen LogP contribution in [0.5, 0.6) is 0 Å². The van der Waals surface area contributed by atoms with Crippen molar-refractivity contribution in [3.8, 4) is 0 Å². The highest BCUT2D eigenvalue weighted by Gasteiger charge is 2.24. The fourth-order valence-electron chi connectivity index (χ4n) is 3.12. The average Bonchev–Trinajstić information content (AvgIpc) is 3.12. The molecule has 1 unspecified atom stereocenters. The highest BCUT2D eigenvalue weighted by molar-refractivity contribution is 5.89. The third-order valence-corrected chi connectivity index (χ3v) is 4.47. The zero-order valence-corrected chi connectivity index (χ0v) is 14.1. The van der Waals surface area contributed by atoms with Crippen LogP contribution in [0.15, 0.2) is 47.1 Å². The van der Waals surface area contributed by atoms with Gasteiger partial charge in [0.15, 0.2) is 0 Å². The predicted octanol–water partition coefficient (Wildman–Crippen LogP) is 3.94. The Morgan fingerprint density at radius 1 is 1.17 bits per heavy atom. The van der Waals surface area contributed by atoms with Gasteiger partial charge >= 0.3 is 6.03 Å². The smallest absolute Gasteiger partial charge is 0.319 e. The molecular formula is C19H25N3O2. The van der Waals surface area contributed by atoms with Gasteiger partial charge in [0.25, 0.3) is 0 Å². The van der Waals surface area contributed by atoms with E-state index in [1.165, 1.54) is 24.8 Å². The fourth-order valence-corrected chi connectivity index (χ4v) is 3.12. The first kappa shape index (κ1) is 16.6. The van der Waals surface area contributed by atoms with E-state index in [-0.39, 0.29) is 12.1 Å². The molecule has 1 aromatic carbocycles. The summed E-state index contributed by atoms with van der Waals surface area (Å²) in [5.74, 6) is 0.910. The maximum atomic E-state index is 12.2. The van der Waals surface area contributed by atoms with Gasteiger partial charge in [-0.2, -0.15) is 0 Å². The quantitative estimate of drug-likeness (QED) is 0.874. The van der Waals surface area contributed by atoms with Crippen LogP contribution in [0.1, 0.15) is 36.6 Å². The van der Waals surface area contributed by atoms with E-state index in [4.69, 9.17) is 4.42 Å². The van der Waals surface area contributed by atoms with Crippen molar-refractivity contribution in [3.63, 3.8) is 0 Å². The van der Waals surface area contributed by atoms with Gasteiger partial charge < -0.3 is 15.1 Å². The first-order chi connectivity index (χ1) is 11.7. The molecule has 5 heteroatoms. The third-order valence-electron chi connectivity index (χ3n) is 4.47. The van der Waals surface area contributed by atoms with Crippen LogP contribution < -0.4 is 10.6 Å². The Balaban J connectivity index is 1.58. The van der Waals surface area contributed by atoms with Crippen molar-refractivity contribution in [1.82, 2.24) is 10.2 Å². The molecule has 1 aromatic heterocycles. The number of rotatable bonds is 5. The summed E-state index contributed by atoms with van der Waals surface area (Å²) in [6, 6.07) is 11.6. The van der Waals surface area contributed by atoms with E-state index >= 15 is 0 Å². The molecule has 1 atom stereocenters. The molecule has 24 heavy (non-hydrogen) atoms. The maximum absolute atomic E-state index is 12.2. The normalized spacial score (nSPS) is 16.5. The first-order valence-electron chi connectivity index (χ1n) is 8.61. The molecule has 0 bridgehead atoms. The molecular weight excluding hydrogens is 302 g/mol. The van der Waals surface area contributed by atoms with Crippen molar-refractivity contribution in [2.24, 2.45) is 0 Å². The molecule has 1 fully saturated rings. The van der Waals surface area contributed by atoms with E-state index in [1.54, 1.807) is 6.26 Å². The SMILES string of the molecule is Cc1ccc(NC(=O)NCC(c2ccco2)N2CCCCC2)cc1. The molecule has 2 amide bonds. The van der Waals surface area contributed by atoms with Gasteiger partial charge in [-0.05, 0) is 57.1 Å². The van der Waals surface area contributed by atoms with Crippen molar-refractivity contribution in [3.05, 3.63) is 54.0 Å². The zero-order valence-electron chi connectivity index (χ0n) is 14.1. The Morgan fingerprint density at radius 2 is 1.92 bits per heavy atom. The number of likely N-dealkylation sites (tertiary alicyclic amines) is 1. The number of piperidine rings is 1. The second-order valence-electron chi connectivity index (χ2n) is 6.33. The van der Waals surface area contributed by atoms with Gasteiger partial charge in [-0.3, -0.25) is 4.90 Å². The van der Waals surface area contributed by atoms with Crippen molar-refractivity contribution in [1.29, 1.82) is 0 Å². The van der Waals surface area contributed by atoms with Gasteiger partial charge in [-0.1, -0.05) is 24.1 Å². The lowest BCUT2D eigenvalue weighted by Crippen LogP contribution is -2.41. The van der Waals surface area contributed by atoms with Gasteiger partial charge in [0.2, 0.25) is 0 Å². The van der Waals surface area contributed by atoms with E-state index in [2.05, 4.69) is 15.5 Å². The summed E-state index contributed by atoms with van der Waals surface area (Å²) < 4.78 is 5.60. The number of hydrogen-bond donors (Lipinski definition) is 2. The molecule has 128 valence electrons. The summed E-state index contributed by atoms with van der Waals surface area (Å²) in [6.45, 7) is 4.65. The molecule has 1 aliphatic rings. The third kappa shape index (κ3) is 4.38. The minimum Gasteiger partial charge on any atom is -0.468 e. The van der Waals surface area contributed by atoms with Crippen LogP contribution >= 0.6 is 0 Å². The highest BCUT2D eigenvalue weighted by atomic mass is 16.3. The molecule has 2 heterocycles. The topological polar surface area (TPSA) is 57.5 Å². The van der Waals surface area contributed by atoms with Gasteiger partial charge in [0, 0.05) is 12.2 Å². The number of nitrogens with one attached hydrogen (secondary N) is 2. The first-order valence-corrected chi connectivity index (χ1v) is 8.61. The second-order valence-corrected chi connectivity index (χ2v) is 6.33. The summed E-state index contributed by atoms with van der Waals surface area (Å²) in [5.41, 5.74) is 1.97. The zero-order chi connectivity index (χ0) is 16.8. The van der Waals surface area contributed by atoms with E-state index in [0.29, 0.717) is 6.54 Å². The lowest BCUT2D eigenvalue weighted by Gasteiger charge is -2.33. The minimum atomic E-state index is -0.188. The van der Waals surface area contributed by atoms with Crippen molar-refractivity contribution in [2.45, 2.75) is 32.2 Å². The summed E-state index contributed by atoms with van der Waals surface area (Å²) in [6.07, 6.45) is 5.38. The van der Waals surface area contributed by atoms with Crippen molar-refractivity contribution < 1.29 is 9.21 Å². The number of aryl methyl sites for hydroxylation is 1. The van der Waals surface area contributed by atoms with Crippen LogP contribution in [0.3, 0.4) is 0 Å². The molecule has 0 spiro atoms. The Labute approximate surface area is 143 Å². The molecule has 2 aromatic rings. The second kappa shape index (κ2) is 8.02. The monoisotopic (exact) mass is 327 g/mol. The van der Waals surface area contributed by atoms with Gasteiger partial charge in [-0.15, -0.1) is 0 Å². The Morgan fingerprint density at radius 3 is 2.58 bits per heavy atom. The Hall–Kier alpha value is -2.27. The Kier molecular flexibility index (Phi) is 5.54. The Bertz CT molecular complexity index is 631. The number of amides is 2. The number of anilines is 1. The summed E-state index contributed by atoms with van der Waals surface area (Å²) in [4.78, 5) is 14.6. The molecule has 1 saturated heterocycles. The minimum absolute atomic E-state index is 0.0871. The molecule has 0 aliphatic carbocycles. The largest absolute Gasteiger partial charge is 0.468 e.